The molecular formula is C20H19N3O2S. The molecule has 0 saturated carbocycles. The Morgan fingerprint density at radius 1 is 0.846 bits per heavy atom. The van der Waals surface area contributed by atoms with Gasteiger partial charge in [-0.15, -0.1) is 11.3 Å². The number of nitrogens with zero attached hydrogens (tertiary/aromatic N) is 1. The van der Waals surface area contributed by atoms with Crippen molar-refractivity contribution < 1.29 is 9.59 Å². The Morgan fingerprint density at radius 2 is 1.50 bits per heavy atom. The molecule has 0 aliphatic carbocycles. The molecule has 1 heterocycles. The number of aromatic nitrogens is 1. The largest absolute Gasteiger partial charge is 0.352 e. The Hall–Kier alpha value is -2.99. The first kappa shape index (κ1) is 17.8. The van der Waals surface area contributed by atoms with Gasteiger partial charge in [-0.2, -0.15) is 0 Å². The van der Waals surface area contributed by atoms with Crippen LogP contribution in [0.15, 0.2) is 66.0 Å². The highest BCUT2D eigenvalue weighted by molar-refractivity contribution is 7.13. The zero-order chi connectivity index (χ0) is 18.2. The van der Waals surface area contributed by atoms with Gasteiger partial charge in [-0.05, 0) is 11.1 Å². The molecule has 2 amide bonds. The summed E-state index contributed by atoms with van der Waals surface area (Å²) in [6, 6.07) is 19.3. The number of carbonyl (C=O) groups excluding carboxylic acids is 2. The van der Waals surface area contributed by atoms with Crippen molar-refractivity contribution in [2.24, 2.45) is 0 Å². The van der Waals surface area contributed by atoms with Crippen LogP contribution in [0.4, 0.5) is 5.13 Å². The fourth-order valence-corrected chi connectivity index (χ4v) is 3.14. The molecule has 132 valence electrons. The quantitative estimate of drug-likeness (QED) is 0.675. The highest BCUT2D eigenvalue weighted by Crippen LogP contribution is 2.16. The van der Waals surface area contributed by atoms with E-state index >= 15 is 0 Å². The molecule has 0 radical (unpaired) electrons. The van der Waals surface area contributed by atoms with Gasteiger partial charge in [-0.3, -0.25) is 9.59 Å². The molecule has 0 saturated heterocycles. The summed E-state index contributed by atoms with van der Waals surface area (Å²) in [4.78, 5) is 28.4. The van der Waals surface area contributed by atoms with Crippen molar-refractivity contribution in [2.75, 3.05) is 5.32 Å². The third-order valence-corrected chi connectivity index (χ3v) is 4.49. The normalized spacial score (nSPS) is 10.3. The van der Waals surface area contributed by atoms with Gasteiger partial charge in [-0.1, -0.05) is 60.7 Å². The maximum absolute atomic E-state index is 12.0. The van der Waals surface area contributed by atoms with Crippen molar-refractivity contribution in [3.05, 3.63) is 82.9 Å². The molecule has 0 fully saturated rings. The first-order valence-electron chi connectivity index (χ1n) is 8.28. The minimum atomic E-state index is -0.120. The Kier molecular flexibility index (Phi) is 6.11. The fourth-order valence-electron chi connectivity index (χ4n) is 2.41. The molecular weight excluding hydrogens is 346 g/mol. The van der Waals surface area contributed by atoms with E-state index < -0.39 is 0 Å². The molecule has 0 aliphatic heterocycles. The summed E-state index contributed by atoms with van der Waals surface area (Å²) in [5.74, 6) is -0.216. The van der Waals surface area contributed by atoms with Crippen LogP contribution in [-0.4, -0.2) is 16.8 Å². The van der Waals surface area contributed by atoms with E-state index in [9.17, 15) is 9.59 Å². The Morgan fingerprint density at radius 3 is 2.19 bits per heavy atom. The van der Waals surface area contributed by atoms with E-state index in [-0.39, 0.29) is 18.2 Å². The number of carbonyl (C=O) groups is 2. The van der Waals surface area contributed by atoms with Crippen LogP contribution in [0.3, 0.4) is 0 Å². The molecule has 0 aliphatic rings. The average molecular weight is 365 g/mol. The van der Waals surface area contributed by atoms with Crippen LogP contribution in [0, 0.1) is 0 Å². The molecule has 26 heavy (non-hydrogen) atoms. The number of benzene rings is 2. The second-order valence-electron chi connectivity index (χ2n) is 5.79. The van der Waals surface area contributed by atoms with E-state index in [4.69, 9.17) is 0 Å². The van der Waals surface area contributed by atoms with Crippen molar-refractivity contribution in [1.29, 1.82) is 0 Å². The summed E-state index contributed by atoms with van der Waals surface area (Å²) in [5.41, 5.74) is 2.64. The first-order valence-corrected chi connectivity index (χ1v) is 9.16. The monoisotopic (exact) mass is 365 g/mol. The van der Waals surface area contributed by atoms with Crippen LogP contribution in [-0.2, 0) is 29.0 Å². The SMILES string of the molecule is O=C(Cc1csc(NC(=O)Cc2ccccc2)n1)NCc1ccccc1. The highest BCUT2D eigenvalue weighted by atomic mass is 32.1. The van der Waals surface area contributed by atoms with E-state index in [1.165, 1.54) is 11.3 Å². The molecule has 3 aromatic rings. The van der Waals surface area contributed by atoms with Crippen molar-refractivity contribution >= 4 is 28.3 Å². The first-order chi connectivity index (χ1) is 12.7. The predicted molar refractivity (Wildman–Crippen MR) is 103 cm³/mol. The lowest BCUT2D eigenvalue weighted by molar-refractivity contribution is -0.120. The average Bonchev–Trinajstić information content (AvgIpc) is 3.08. The standard InChI is InChI=1S/C20H19N3O2S/c24-18(21-13-16-9-5-2-6-10-16)12-17-14-26-20(22-17)23-19(25)11-15-7-3-1-4-8-15/h1-10,14H,11-13H2,(H,21,24)(H,22,23,25). The lowest BCUT2D eigenvalue weighted by Crippen LogP contribution is -2.24. The van der Waals surface area contributed by atoms with Crippen LogP contribution >= 0.6 is 11.3 Å². The number of nitrogens with one attached hydrogen (secondary N) is 2. The summed E-state index contributed by atoms with van der Waals surface area (Å²) < 4.78 is 0. The van der Waals surface area contributed by atoms with Crippen LogP contribution in [0.2, 0.25) is 0 Å². The van der Waals surface area contributed by atoms with Crippen molar-refractivity contribution in [3.63, 3.8) is 0 Å². The summed E-state index contributed by atoms with van der Waals surface area (Å²) in [7, 11) is 0. The van der Waals surface area contributed by atoms with Gasteiger partial charge in [0.25, 0.3) is 0 Å². The van der Waals surface area contributed by atoms with Gasteiger partial charge < -0.3 is 10.6 Å². The molecule has 0 atom stereocenters. The van der Waals surface area contributed by atoms with Crippen molar-refractivity contribution in [2.45, 2.75) is 19.4 Å². The van der Waals surface area contributed by atoms with Gasteiger partial charge in [-0.25, -0.2) is 4.98 Å². The van der Waals surface area contributed by atoms with E-state index in [2.05, 4.69) is 15.6 Å². The summed E-state index contributed by atoms with van der Waals surface area (Å²) >= 11 is 1.32. The number of anilines is 1. The smallest absolute Gasteiger partial charge is 0.230 e. The number of amides is 2. The summed E-state index contributed by atoms with van der Waals surface area (Å²) in [6.45, 7) is 0.491. The van der Waals surface area contributed by atoms with Crippen LogP contribution < -0.4 is 10.6 Å². The van der Waals surface area contributed by atoms with Crippen LogP contribution in [0.5, 0.6) is 0 Å². The third kappa shape index (κ3) is 5.53. The predicted octanol–water partition coefficient (Wildman–Crippen LogP) is 3.18. The van der Waals surface area contributed by atoms with Gasteiger partial charge >= 0.3 is 0 Å². The zero-order valence-corrected chi connectivity index (χ0v) is 15.0. The molecule has 3 rings (SSSR count). The van der Waals surface area contributed by atoms with Gasteiger partial charge in [0.05, 0.1) is 18.5 Å². The molecule has 1 aromatic heterocycles. The summed E-state index contributed by atoms with van der Waals surface area (Å²) in [6.07, 6.45) is 0.491. The minimum Gasteiger partial charge on any atom is -0.352 e. The summed E-state index contributed by atoms with van der Waals surface area (Å²) in [5, 5.41) is 7.95. The van der Waals surface area contributed by atoms with Crippen LogP contribution in [0.25, 0.3) is 0 Å². The van der Waals surface area contributed by atoms with E-state index in [0.29, 0.717) is 23.8 Å². The van der Waals surface area contributed by atoms with Crippen LogP contribution in [0.1, 0.15) is 16.8 Å². The van der Waals surface area contributed by atoms with E-state index in [1.807, 2.05) is 60.7 Å². The Balaban J connectivity index is 1.46. The molecule has 0 spiro atoms. The number of thiazole rings is 1. The van der Waals surface area contributed by atoms with Crippen molar-refractivity contribution in [1.82, 2.24) is 10.3 Å². The molecule has 0 unspecified atom stereocenters. The van der Waals surface area contributed by atoms with E-state index in [0.717, 1.165) is 11.1 Å². The lowest BCUT2D eigenvalue weighted by Gasteiger charge is -2.04. The zero-order valence-electron chi connectivity index (χ0n) is 14.1. The topological polar surface area (TPSA) is 71.1 Å². The fraction of sp³-hybridized carbons (Fsp3) is 0.150. The second kappa shape index (κ2) is 8.92. The van der Waals surface area contributed by atoms with E-state index in [1.54, 1.807) is 5.38 Å². The lowest BCUT2D eigenvalue weighted by atomic mass is 10.1. The third-order valence-electron chi connectivity index (χ3n) is 3.68. The molecule has 0 bridgehead atoms. The highest BCUT2D eigenvalue weighted by Gasteiger charge is 2.10. The molecule has 2 N–H and O–H groups in total. The maximum atomic E-state index is 12.0. The maximum Gasteiger partial charge on any atom is 0.230 e. The second-order valence-corrected chi connectivity index (χ2v) is 6.65. The molecule has 2 aromatic carbocycles. The number of rotatable bonds is 7. The Bertz CT molecular complexity index is 863. The van der Waals surface area contributed by atoms with Gasteiger partial charge in [0, 0.05) is 11.9 Å². The minimum absolute atomic E-state index is 0.0960. The van der Waals surface area contributed by atoms with Gasteiger partial charge in [0.2, 0.25) is 11.8 Å². The van der Waals surface area contributed by atoms with Gasteiger partial charge in [0.1, 0.15) is 0 Å². The molecule has 5 nitrogen and oxygen atoms in total. The number of hydrogen-bond donors (Lipinski definition) is 2. The number of hydrogen-bond acceptors (Lipinski definition) is 4. The van der Waals surface area contributed by atoms with Gasteiger partial charge in [0.15, 0.2) is 5.13 Å². The molecule has 6 heteroatoms. The Labute approximate surface area is 156 Å². The van der Waals surface area contributed by atoms with Crippen molar-refractivity contribution in [3.8, 4) is 0 Å².